The average Bonchev–Trinajstić information content (AvgIpc) is 1.70. The third kappa shape index (κ3) is 31.2. The van der Waals surface area contributed by atoms with Crippen LogP contribution in [0.3, 0.4) is 0 Å². The molecule has 0 spiro atoms. The first-order valence-electron chi connectivity index (χ1n) is 34.3. The lowest BCUT2D eigenvalue weighted by atomic mass is 9.98. The van der Waals surface area contributed by atoms with Crippen LogP contribution in [0.25, 0.3) is 0 Å². The first kappa shape index (κ1) is 85.9. The molecular weight excluding hydrogens is 1520 g/mol. The minimum absolute atomic E-state index is 0.0520. The summed E-state index contributed by atoms with van der Waals surface area (Å²) in [5.74, 6) is -6.31. The smallest absolute Gasteiger partial charge is 0.356 e. The number of aromatic carboxylic acids is 7. The van der Waals surface area contributed by atoms with Crippen molar-refractivity contribution in [2.75, 3.05) is 0 Å². The van der Waals surface area contributed by atoms with E-state index in [4.69, 9.17) is 70.5 Å². The molecule has 0 unspecified atom stereocenters. The van der Waals surface area contributed by atoms with Gasteiger partial charge in [-0.3, -0.25) is 15.3 Å². The van der Waals surface area contributed by atoms with Crippen molar-refractivity contribution in [3.05, 3.63) is 296 Å². The standard InChI is InChI=1S/C13H11BrClNO2.C13H12ClNO2.C13H12FNO2.C12H11ClN2O2.C10H14N2O2.C9H14N2O2.C9H11NO2/c14-12-9(7-11(16-12)13(17)18)4-1-8-2-5-10(15)6-3-8;2*14-11-5-3-9(4-6-11)1-2-10-7-12(13(16)17)15-8-10;13-9-4-1-8(2-5-9)3-6-10-7-11(12(16)17)15-14-10;1-7(2)4-3-5-8-6-9(10(13)14)12-11-8;1-6(2)3-4-7-5-8(9(12)13)11-10-7;11-9(12)8-5-6-3-1-2-4-7(6)10-8/h2-3,5-7,16H,1,4H2,(H,17,18);2*3-8,15H,1-2H2,(H,16,17);1-2,4-5,7H,3,6H2,(H,14,15)(H,16,17);4,6H,3,5H2,1-2H3,(H,11,12)(H,13,14);5-6H,3-4H2,1-2H3,(H,10,11)(H,12,13);5,10H,1-4H2,(H,11,12). The van der Waals surface area contributed by atoms with Gasteiger partial charge in [0, 0.05) is 50.2 Å². The molecule has 12 rings (SSSR count). The van der Waals surface area contributed by atoms with Crippen molar-refractivity contribution in [3.63, 3.8) is 0 Å². The van der Waals surface area contributed by atoms with Crippen molar-refractivity contribution >= 4 is 92.5 Å². The molecule has 29 heteroatoms. The summed E-state index contributed by atoms with van der Waals surface area (Å²) in [4.78, 5) is 85.5. The minimum atomic E-state index is -1.01. The summed E-state index contributed by atoms with van der Waals surface area (Å²) in [5, 5.41) is 82.3. The van der Waals surface area contributed by atoms with Crippen LogP contribution in [-0.4, -0.2) is 128 Å². The summed E-state index contributed by atoms with van der Waals surface area (Å²) >= 11 is 20.7. The predicted octanol–water partition coefficient (Wildman–Crippen LogP) is 17.5. The lowest BCUT2D eigenvalue weighted by Gasteiger charge is -2.08. The Hall–Kier alpha value is -11.1. The van der Waals surface area contributed by atoms with E-state index < -0.39 is 41.8 Å². The zero-order valence-electron chi connectivity index (χ0n) is 59.6. The van der Waals surface area contributed by atoms with Crippen LogP contribution >= 0.6 is 50.7 Å². The second-order valence-electron chi connectivity index (χ2n) is 25.5. The molecule has 7 aromatic heterocycles. The number of hydrogen-bond acceptors (Lipinski definition) is 10. The number of halogens is 5. The van der Waals surface area contributed by atoms with Crippen LogP contribution < -0.4 is 0 Å². The fraction of sp³-hybridized carbons (Fsp3) is 0.266. The van der Waals surface area contributed by atoms with E-state index in [1.165, 1.54) is 47.2 Å². The Morgan fingerprint density at radius 2 is 0.815 bits per heavy atom. The average molecular weight is 1600 g/mol. The fourth-order valence-corrected chi connectivity index (χ4v) is 11.3. The van der Waals surface area contributed by atoms with Gasteiger partial charge in [-0.15, -0.1) is 0 Å². The summed E-state index contributed by atoms with van der Waals surface area (Å²) in [6.07, 6.45) is 19.9. The molecule has 7 heterocycles. The molecule has 1 aliphatic carbocycles. The number of carboxylic acids is 7. The van der Waals surface area contributed by atoms with Crippen LogP contribution in [0.2, 0.25) is 15.1 Å². The number of carbonyl (C=O) groups is 7. The number of carboxylic acid groups (broad SMARTS) is 7. The third-order valence-electron chi connectivity index (χ3n) is 16.3. The molecule has 24 nitrogen and oxygen atoms in total. The molecule has 14 N–H and O–H groups in total. The summed E-state index contributed by atoms with van der Waals surface area (Å²) < 4.78 is 13.4. The number of benzene rings is 4. The van der Waals surface area contributed by atoms with E-state index in [0.717, 1.165) is 155 Å². The predicted molar refractivity (Wildman–Crippen MR) is 413 cm³/mol. The molecule has 0 amide bonds. The second-order valence-corrected chi connectivity index (χ2v) is 27.6. The highest BCUT2D eigenvalue weighted by molar-refractivity contribution is 9.10. The van der Waals surface area contributed by atoms with Gasteiger partial charge in [-0.1, -0.05) is 109 Å². The zero-order valence-corrected chi connectivity index (χ0v) is 63.5. The van der Waals surface area contributed by atoms with Gasteiger partial charge < -0.3 is 55.7 Å². The van der Waals surface area contributed by atoms with E-state index in [1.807, 2.05) is 86.6 Å². The highest BCUT2D eigenvalue weighted by Crippen LogP contribution is 2.23. The highest BCUT2D eigenvalue weighted by Gasteiger charge is 2.17. The summed E-state index contributed by atoms with van der Waals surface area (Å²) in [6.45, 7) is 8.34. The first-order valence-corrected chi connectivity index (χ1v) is 36.2. The Morgan fingerprint density at radius 1 is 0.444 bits per heavy atom. The van der Waals surface area contributed by atoms with Crippen LogP contribution in [-0.2, 0) is 77.0 Å². The number of allylic oxidation sites excluding steroid dienone is 2. The van der Waals surface area contributed by atoms with E-state index in [9.17, 15) is 38.0 Å². The number of aromatic nitrogens is 10. The lowest BCUT2D eigenvalue weighted by molar-refractivity contribution is 0.0679. The number of rotatable bonds is 25. The van der Waals surface area contributed by atoms with E-state index >= 15 is 0 Å². The van der Waals surface area contributed by atoms with Gasteiger partial charge >= 0.3 is 41.8 Å². The van der Waals surface area contributed by atoms with Crippen LogP contribution in [0.5, 0.6) is 0 Å². The van der Waals surface area contributed by atoms with Crippen molar-refractivity contribution in [2.45, 2.75) is 130 Å². The molecule has 570 valence electrons. The zero-order chi connectivity index (χ0) is 78.8. The monoisotopic (exact) mass is 1600 g/mol. The normalized spacial score (nSPS) is 11.0. The summed E-state index contributed by atoms with van der Waals surface area (Å²) in [7, 11) is 0. The molecule has 0 bridgehead atoms. The Balaban J connectivity index is 0.000000198. The van der Waals surface area contributed by atoms with Crippen molar-refractivity contribution in [2.24, 2.45) is 5.92 Å². The number of aromatic amines is 7. The summed E-state index contributed by atoms with van der Waals surface area (Å²) in [6, 6.07) is 40.7. The molecule has 0 fully saturated rings. The van der Waals surface area contributed by atoms with E-state index in [-0.39, 0.29) is 40.0 Å². The first-order chi connectivity index (χ1) is 51.5. The van der Waals surface area contributed by atoms with Gasteiger partial charge in [-0.05, 0) is 274 Å². The van der Waals surface area contributed by atoms with Gasteiger partial charge in [0.25, 0.3) is 0 Å². The fourth-order valence-electron chi connectivity index (χ4n) is 10.4. The Labute approximate surface area is 645 Å². The van der Waals surface area contributed by atoms with Gasteiger partial charge in [0.05, 0.1) is 4.60 Å². The SMILES string of the molecule is CC(C)=CCCc1cc(C(=O)O)n[nH]1.CC(C)CCc1cc(C(=O)O)n[nH]1.O=C(O)c1cc(CCc2ccc(Cl)cc2)[nH]n1.O=C(O)c1cc(CCc2ccc(Cl)cc2)c(Br)[nH]1.O=C(O)c1cc(CCc2ccc(Cl)cc2)c[nH]1.O=C(O)c1cc(CCc2ccc(F)cc2)c[nH]1.O=C(O)c1cc2c([nH]1)CCCC2. The molecule has 11 aromatic rings. The van der Waals surface area contributed by atoms with Gasteiger partial charge in [-0.2, -0.15) is 15.3 Å². The molecule has 4 aromatic carbocycles. The van der Waals surface area contributed by atoms with Crippen molar-refractivity contribution in [1.29, 1.82) is 0 Å². The van der Waals surface area contributed by atoms with Crippen molar-refractivity contribution in [3.8, 4) is 0 Å². The molecule has 0 aliphatic heterocycles. The van der Waals surface area contributed by atoms with Gasteiger partial charge in [-0.25, -0.2) is 38.0 Å². The quantitative estimate of drug-likeness (QED) is 0.0236. The molecule has 108 heavy (non-hydrogen) atoms. The maximum absolute atomic E-state index is 12.7. The van der Waals surface area contributed by atoms with E-state index in [2.05, 4.69) is 86.4 Å². The molecule has 0 radical (unpaired) electrons. The Bertz CT molecular complexity index is 4470. The maximum atomic E-state index is 12.7. The van der Waals surface area contributed by atoms with Crippen molar-refractivity contribution in [1.82, 2.24) is 50.5 Å². The van der Waals surface area contributed by atoms with Crippen LogP contribution in [0.15, 0.2) is 168 Å². The molecule has 0 atom stereocenters. The summed E-state index contributed by atoms with van der Waals surface area (Å²) in [5.41, 5.74) is 14.8. The van der Waals surface area contributed by atoms with E-state index in [1.54, 1.807) is 67.0 Å². The molecule has 0 saturated carbocycles. The number of fused-ring (bicyclic) bond motifs is 1. The molecule has 1 aliphatic rings. The number of hydrogen-bond donors (Lipinski definition) is 14. The van der Waals surface area contributed by atoms with Gasteiger partial charge in [0.1, 0.15) is 28.6 Å². The van der Waals surface area contributed by atoms with Gasteiger partial charge in [0.2, 0.25) is 0 Å². The second kappa shape index (κ2) is 44.2. The number of nitrogens with one attached hydrogen (secondary N) is 7. The van der Waals surface area contributed by atoms with Crippen molar-refractivity contribution < 1.29 is 73.7 Å². The number of H-pyrrole nitrogens is 7. The Kier molecular flexibility index (Phi) is 35.1. The topological polar surface area (TPSA) is 410 Å². The van der Waals surface area contributed by atoms with Crippen LogP contribution in [0.4, 0.5) is 4.39 Å². The molecular formula is C79H85BrCl3FN10O14. The minimum Gasteiger partial charge on any atom is -0.477 e. The lowest BCUT2D eigenvalue weighted by Crippen LogP contribution is -2.00. The van der Waals surface area contributed by atoms with Crippen LogP contribution in [0.1, 0.15) is 194 Å². The highest BCUT2D eigenvalue weighted by atomic mass is 79.9. The number of nitrogens with zero attached hydrogens (tertiary/aromatic N) is 3. The third-order valence-corrected chi connectivity index (χ3v) is 17.8. The largest absolute Gasteiger partial charge is 0.477 e. The van der Waals surface area contributed by atoms with Crippen LogP contribution in [0, 0.1) is 11.7 Å². The van der Waals surface area contributed by atoms with E-state index in [0.29, 0.717) is 16.6 Å². The van der Waals surface area contributed by atoms with Gasteiger partial charge in [0.15, 0.2) is 17.1 Å². The number of aryl methyl sites for hydroxylation is 12. The molecule has 0 saturated heterocycles. The Morgan fingerprint density at radius 3 is 1.19 bits per heavy atom. The maximum Gasteiger partial charge on any atom is 0.356 e.